The summed E-state index contributed by atoms with van der Waals surface area (Å²) < 4.78 is 27.6. The lowest BCUT2D eigenvalue weighted by Crippen LogP contribution is -2.28. The van der Waals surface area contributed by atoms with Crippen LogP contribution in [-0.4, -0.2) is 28.6 Å². The topological polar surface area (TPSA) is 49.4 Å². The molecule has 6 heteroatoms. The van der Waals surface area contributed by atoms with Gasteiger partial charge in [0.25, 0.3) is 10.0 Å². The third kappa shape index (κ3) is 2.71. The van der Waals surface area contributed by atoms with Gasteiger partial charge in [0.2, 0.25) is 0 Å². The fourth-order valence-corrected chi connectivity index (χ4v) is 5.52. The van der Waals surface area contributed by atoms with E-state index in [0.717, 1.165) is 35.5 Å². The molecule has 0 saturated carbocycles. The van der Waals surface area contributed by atoms with E-state index >= 15 is 0 Å². The van der Waals surface area contributed by atoms with Gasteiger partial charge in [-0.05, 0) is 50.2 Å². The van der Waals surface area contributed by atoms with Crippen LogP contribution in [-0.2, 0) is 22.9 Å². The fraction of sp³-hybridized carbons (Fsp3) is 0.333. The highest BCUT2D eigenvalue weighted by Gasteiger charge is 2.31. The quantitative estimate of drug-likeness (QED) is 0.918. The highest BCUT2D eigenvalue weighted by Crippen LogP contribution is 2.34. The maximum atomic E-state index is 12.8. The third-order valence-electron chi connectivity index (χ3n) is 3.65. The number of fused-ring (bicyclic) bond motifs is 1. The molecule has 0 fully saturated rings. The highest BCUT2D eigenvalue weighted by atomic mass is 32.2. The van der Waals surface area contributed by atoms with Crippen molar-refractivity contribution < 1.29 is 8.42 Å². The van der Waals surface area contributed by atoms with Crippen LogP contribution in [0.1, 0.15) is 10.4 Å². The summed E-state index contributed by atoms with van der Waals surface area (Å²) in [4.78, 5) is 1.09. The van der Waals surface area contributed by atoms with Gasteiger partial charge in [-0.1, -0.05) is 18.2 Å². The van der Waals surface area contributed by atoms with Crippen molar-refractivity contribution in [3.63, 3.8) is 0 Å². The SMILES string of the molecule is CNCCc1ccc(S(=O)(=O)N2CCc3ccccc32)s1. The van der Waals surface area contributed by atoms with Crippen LogP contribution in [0.15, 0.2) is 40.6 Å². The predicted molar refractivity (Wildman–Crippen MR) is 86.6 cm³/mol. The third-order valence-corrected chi connectivity index (χ3v) is 7.07. The number of thiophene rings is 1. The second-order valence-electron chi connectivity index (χ2n) is 5.03. The summed E-state index contributed by atoms with van der Waals surface area (Å²) in [6.07, 6.45) is 1.64. The molecular weight excluding hydrogens is 304 g/mol. The van der Waals surface area contributed by atoms with Gasteiger partial charge >= 0.3 is 0 Å². The van der Waals surface area contributed by atoms with Crippen LogP contribution in [0.5, 0.6) is 0 Å². The van der Waals surface area contributed by atoms with Crippen LogP contribution in [0.3, 0.4) is 0 Å². The molecule has 21 heavy (non-hydrogen) atoms. The second-order valence-corrected chi connectivity index (χ2v) is 8.29. The molecular formula is C15H18N2O2S2. The highest BCUT2D eigenvalue weighted by molar-refractivity contribution is 7.94. The lowest BCUT2D eigenvalue weighted by atomic mass is 10.2. The molecule has 1 N–H and O–H groups in total. The lowest BCUT2D eigenvalue weighted by molar-refractivity contribution is 0.594. The van der Waals surface area contributed by atoms with Crippen molar-refractivity contribution >= 4 is 27.0 Å². The molecule has 0 aliphatic carbocycles. The van der Waals surface area contributed by atoms with Gasteiger partial charge < -0.3 is 5.32 Å². The van der Waals surface area contributed by atoms with E-state index < -0.39 is 10.0 Å². The van der Waals surface area contributed by atoms with Crippen LogP contribution in [0.2, 0.25) is 0 Å². The fourth-order valence-electron chi connectivity index (χ4n) is 2.55. The summed E-state index contributed by atoms with van der Waals surface area (Å²) in [6, 6.07) is 11.4. The molecule has 0 saturated heterocycles. The molecule has 1 aromatic carbocycles. The van der Waals surface area contributed by atoms with Gasteiger partial charge in [-0.15, -0.1) is 11.3 Å². The van der Waals surface area contributed by atoms with E-state index in [1.807, 2.05) is 37.4 Å². The summed E-state index contributed by atoms with van der Waals surface area (Å²) in [7, 11) is -1.53. The number of benzene rings is 1. The van der Waals surface area contributed by atoms with Crippen LogP contribution < -0.4 is 9.62 Å². The number of sulfonamides is 1. The van der Waals surface area contributed by atoms with Crippen molar-refractivity contribution in [2.75, 3.05) is 24.4 Å². The minimum atomic E-state index is -3.42. The minimum Gasteiger partial charge on any atom is -0.319 e. The average Bonchev–Trinajstić information content (AvgIpc) is 3.12. The molecule has 0 spiro atoms. The van der Waals surface area contributed by atoms with Gasteiger partial charge in [0.1, 0.15) is 4.21 Å². The number of hydrogen-bond donors (Lipinski definition) is 1. The number of rotatable bonds is 5. The molecule has 1 aromatic heterocycles. The Balaban J connectivity index is 1.89. The van der Waals surface area contributed by atoms with Crippen molar-refractivity contribution in [1.82, 2.24) is 5.32 Å². The Labute approximate surface area is 129 Å². The van der Waals surface area contributed by atoms with Gasteiger partial charge in [-0.3, -0.25) is 4.31 Å². The molecule has 0 bridgehead atoms. The summed E-state index contributed by atoms with van der Waals surface area (Å²) in [6.45, 7) is 1.39. The molecule has 0 atom stereocenters. The Morgan fingerprint density at radius 3 is 2.86 bits per heavy atom. The second kappa shape index (κ2) is 5.79. The minimum absolute atomic E-state index is 0.435. The molecule has 0 amide bonds. The number of likely N-dealkylation sites (N-methyl/N-ethyl adjacent to an activating group) is 1. The Bertz CT molecular complexity index is 738. The molecule has 3 rings (SSSR count). The van der Waals surface area contributed by atoms with E-state index in [1.54, 1.807) is 6.07 Å². The number of anilines is 1. The van der Waals surface area contributed by atoms with Crippen molar-refractivity contribution in [2.24, 2.45) is 0 Å². The molecule has 0 unspecified atom stereocenters. The van der Waals surface area contributed by atoms with E-state index in [4.69, 9.17) is 0 Å². The van der Waals surface area contributed by atoms with Crippen LogP contribution in [0, 0.1) is 0 Å². The normalized spacial score (nSPS) is 14.4. The van der Waals surface area contributed by atoms with Gasteiger partial charge in [0.05, 0.1) is 5.69 Å². The molecule has 4 nitrogen and oxygen atoms in total. The molecule has 2 aromatic rings. The Morgan fingerprint density at radius 2 is 2.05 bits per heavy atom. The van der Waals surface area contributed by atoms with Crippen molar-refractivity contribution in [3.8, 4) is 0 Å². The van der Waals surface area contributed by atoms with Gasteiger partial charge in [-0.25, -0.2) is 8.42 Å². The molecule has 1 aliphatic heterocycles. The number of para-hydroxylation sites is 1. The van der Waals surface area contributed by atoms with Crippen molar-refractivity contribution in [3.05, 3.63) is 46.8 Å². The summed E-state index contributed by atoms with van der Waals surface area (Å²) in [5.74, 6) is 0. The van der Waals surface area contributed by atoms with Crippen molar-refractivity contribution in [1.29, 1.82) is 0 Å². The standard InChI is InChI=1S/C15H18N2O2S2/c1-16-10-8-13-6-7-15(20-13)21(18,19)17-11-9-12-4-2-3-5-14(12)17/h2-7,16H,8-11H2,1H3. The molecule has 1 aliphatic rings. The molecule has 112 valence electrons. The summed E-state index contributed by atoms with van der Waals surface area (Å²) >= 11 is 1.37. The van der Waals surface area contributed by atoms with E-state index in [0.29, 0.717) is 10.8 Å². The Morgan fingerprint density at radius 1 is 1.24 bits per heavy atom. The maximum Gasteiger partial charge on any atom is 0.273 e. The van der Waals surface area contributed by atoms with Gasteiger partial charge in [-0.2, -0.15) is 0 Å². The summed E-state index contributed by atoms with van der Waals surface area (Å²) in [5, 5.41) is 3.08. The zero-order valence-electron chi connectivity index (χ0n) is 11.9. The molecule has 2 heterocycles. The largest absolute Gasteiger partial charge is 0.319 e. The Hall–Kier alpha value is -1.37. The van der Waals surface area contributed by atoms with E-state index in [1.165, 1.54) is 15.6 Å². The number of hydrogen-bond acceptors (Lipinski definition) is 4. The number of nitrogens with zero attached hydrogens (tertiary/aromatic N) is 1. The smallest absolute Gasteiger partial charge is 0.273 e. The monoisotopic (exact) mass is 322 g/mol. The summed E-state index contributed by atoms with van der Waals surface area (Å²) in [5.41, 5.74) is 1.93. The lowest BCUT2D eigenvalue weighted by Gasteiger charge is -2.18. The molecule has 0 radical (unpaired) electrons. The first kappa shape index (κ1) is 14.6. The van der Waals surface area contributed by atoms with Crippen LogP contribution in [0.25, 0.3) is 0 Å². The van der Waals surface area contributed by atoms with Crippen molar-refractivity contribution in [2.45, 2.75) is 17.1 Å². The Kier molecular flexibility index (Phi) is 4.01. The van der Waals surface area contributed by atoms with E-state index in [2.05, 4.69) is 5.32 Å². The van der Waals surface area contributed by atoms with Crippen LogP contribution >= 0.6 is 11.3 Å². The first-order valence-corrected chi connectivity index (χ1v) is 9.22. The number of nitrogens with one attached hydrogen (secondary N) is 1. The van der Waals surface area contributed by atoms with Gasteiger partial charge in [0, 0.05) is 11.4 Å². The first-order valence-electron chi connectivity index (χ1n) is 6.97. The maximum absolute atomic E-state index is 12.8. The first-order chi connectivity index (χ1) is 10.1. The zero-order valence-corrected chi connectivity index (χ0v) is 13.5. The van der Waals surface area contributed by atoms with Crippen LogP contribution in [0.4, 0.5) is 5.69 Å². The average molecular weight is 322 g/mol. The predicted octanol–water partition coefficient (Wildman–Crippen LogP) is 2.26. The zero-order chi connectivity index (χ0) is 14.9. The van der Waals surface area contributed by atoms with Gasteiger partial charge in [0.15, 0.2) is 0 Å². The van der Waals surface area contributed by atoms with E-state index in [9.17, 15) is 8.42 Å². The van der Waals surface area contributed by atoms with E-state index in [-0.39, 0.29) is 0 Å².